The molecular formula is C16H28N2O. The van der Waals surface area contributed by atoms with Crippen LogP contribution in [0.1, 0.15) is 57.6 Å². The number of hydrogen-bond acceptors (Lipinski definition) is 3. The summed E-state index contributed by atoms with van der Waals surface area (Å²) in [6, 6.07) is 8.40. The van der Waals surface area contributed by atoms with Gasteiger partial charge in [0.15, 0.2) is 0 Å². The zero-order chi connectivity index (χ0) is 14.1. The first-order chi connectivity index (χ1) is 9.24. The fourth-order valence-electron chi connectivity index (χ4n) is 2.45. The Kier molecular flexibility index (Phi) is 7.53. The summed E-state index contributed by atoms with van der Waals surface area (Å²) in [4.78, 5) is 0. The average Bonchev–Trinajstić information content (AvgIpc) is 2.48. The van der Waals surface area contributed by atoms with Gasteiger partial charge >= 0.3 is 0 Å². The van der Waals surface area contributed by atoms with Crippen LogP contribution < -0.4 is 16.0 Å². The molecule has 0 amide bonds. The molecule has 0 radical (unpaired) electrons. The van der Waals surface area contributed by atoms with Crippen LogP contribution in [0.4, 0.5) is 0 Å². The SMILES string of the molecule is CCCCC(CC)CC(NN)c1ccc(OC)cc1. The first kappa shape index (κ1) is 16.0. The third kappa shape index (κ3) is 5.21. The molecule has 2 unspecified atom stereocenters. The molecule has 0 heterocycles. The van der Waals surface area contributed by atoms with Gasteiger partial charge in [0.05, 0.1) is 7.11 Å². The number of nitrogens with one attached hydrogen (secondary N) is 1. The largest absolute Gasteiger partial charge is 0.497 e. The average molecular weight is 264 g/mol. The highest BCUT2D eigenvalue weighted by Gasteiger charge is 2.15. The van der Waals surface area contributed by atoms with Crippen LogP contribution in [-0.4, -0.2) is 7.11 Å². The number of rotatable bonds is 9. The van der Waals surface area contributed by atoms with Gasteiger partial charge < -0.3 is 4.74 Å². The molecule has 1 rings (SSSR count). The monoisotopic (exact) mass is 264 g/mol. The van der Waals surface area contributed by atoms with Crippen LogP contribution in [0, 0.1) is 5.92 Å². The Bertz CT molecular complexity index is 337. The lowest BCUT2D eigenvalue weighted by atomic mass is 9.89. The lowest BCUT2D eigenvalue weighted by Crippen LogP contribution is -2.29. The van der Waals surface area contributed by atoms with Gasteiger partial charge in [-0.1, -0.05) is 51.7 Å². The van der Waals surface area contributed by atoms with Crippen LogP contribution in [0.2, 0.25) is 0 Å². The summed E-state index contributed by atoms with van der Waals surface area (Å²) < 4.78 is 5.19. The minimum Gasteiger partial charge on any atom is -0.497 e. The Morgan fingerprint density at radius 1 is 1.21 bits per heavy atom. The number of nitrogens with two attached hydrogens (primary N) is 1. The van der Waals surface area contributed by atoms with E-state index in [1.807, 2.05) is 12.1 Å². The molecule has 0 fully saturated rings. The molecule has 0 aliphatic carbocycles. The van der Waals surface area contributed by atoms with E-state index in [0.717, 1.165) is 18.1 Å². The zero-order valence-electron chi connectivity index (χ0n) is 12.5. The highest BCUT2D eigenvalue weighted by atomic mass is 16.5. The standard InChI is InChI=1S/C16H28N2O/c1-4-6-7-13(5-2)12-16(18-17)14-8-10-15(19-3)11-9-14/h8-11,13,16,18H,4-7,12,17H2,1-3H3. The Morgan fingerprint density at radius 3 is 2.37 bits per heavy atom. The van der Waals surface area contributed by atoms with Crippen molar-refractivity contribution in [1.29, 1.82) is 0 Å². The summed E-state index contributed by atoms with van der Waals surface area (Å²) in [5.41, 5.74) is 4.19. The molecule has 3 nitrogen and oxygen atoms in total. The Morgan fingerprint density at radius 2 is 1.89 bits per heavy atom. The maximum absolute atomic E-state index is 5.73. The van der Waals surface area contributed by atoms with Crippen molar-refractivity contribution >= 4 is 0 Å². The van der Waals surface area contributed by atoms with Crippen molar-refractivity contribution in [2.24, 2.45) is 11.8 Å². The fourth-order valence-corrected chi connectivity index (χ4v) is 2.45. The van der Waals surface area contributed by atoms with E-state index in [0.29, 0.717) is 0 Å². The number of benzene rings is 1. The van der Waals surface area contributed by atoms with Crippen LogP contribution in [0.15, 0.2) is 24.3 Å². The predicted molar refractivity (Wildman–Crippen MR) is 81.0 cm³/mol. The van der Waals surface area contributed by atoms with Gasteiger partial charge in [-0.05, 0) is 30.0 Å². The van der Waals surface area contributed by atoms with E-state index in [4.69, 9.17) is 10.6 Å². The number of ether oxygens (including phenoxy) is 1. The Balaban J connectivity index is 2.64. The molecule has 0 spiro atoms. The zero-order valence-corrected chi connectivity index (χ0v) is 12.5. The molecule has 0 bridgehead atoms. The van der Waals surface area contributed by atoms with E-state index in [2.05, 4.69) is 31.4 Å². The van der Waals surface area contributed by atoms with Gasteiger partial charge in [0.1, 0.15) is 5.75 Å². The second-order valence-corrected chi connectivity index (χ2v) is 5.14. The van der Waals surface area contributed by atoms with Crippen molar-refractivity contribution in [3.05, 3.63) is 29.8 Å². The fraction of sp³-hybridized carbons (Fsp3) is 0.625. The minimum absolute atomic E-state index is 0.229. The van der Waals surface area contributed by atoms with Crippen LogP contribution >= 0.6 is 0 Å². The minimum atomic E-state index is 0.229. The van der Waals surface area contributed by atoms with Crippen molar-refractivity contribution in [2.45, 2.75) is 52.0 Å². The van der Waals surface area contributed by atoms with E-state index in [-0.39, 0.29) is 6.04 Å². The third-order valence-electron chi connectivity index (χ3n) is 3.83. The summed E-state index contributed by atoms with van der Waals surface area (Å²) >= 11 is 0. The van der Waals surface area contributed by atoms with Crippen molar-refractivity contribution in [3.8, 4) is 5.75 Å². The quantitative estimate of drug-likeness (QED) is 0.527. The van der Waals surface area contributed by atoms with Crippen molar-refractivity contribution < 1.29 is 4.74 Å². The van der Waals surface area contributed by atoms with Gasteiger partial charge in [0.25, 0.3) is 0 Å². The molecule has 0 aliphatic heterocycles. The predicted octanol–water partition coefficient (Wildman–Crippen LogP) is 3.81. The smallest absolute Gasteiger partial charge is 0.118 e. The second-order valence-electron chi connectivity index (χ2n) is 5.14. The lowest BCUT2D eigenvalue weighted by molar-refractivity contribution is 0.356. The second kappa shape index (κ2) is 8.94. The molecule has 1 aromatic carbocycles. The van der Waals surface area contributed by atoms with E-state index >= 15 is 0 Å². The molecule has 1 aromatic rings. The van der Waals surface area contributed by atoms with Gasteiger partial charge in [-0.3, -0.25) is 11.3 Å². The molecule has 3 heteroatoms. The molecule has 0 saturated carbocycles. The topological polar surface area (TPSA) is 47.3 Å². The van der Waals surface area contributed by atoms with Gasteiger partial charge in [-0.15, -0.1) is 0 Å². The Hall–Kier alpha value is -1.06. The van der Waals surface area contributed by atoms with Crippen molar-refractivity contribution in [2.75, 3.05) is 7.11 Å². The molecule has 0 saturated heterocycles. The van der Waals surface area contributed by atoms with E-state index in [9.17, 15) is 0 Å². The van der Waals surface area contributed by atoms with Crippen LogP contribution in [0.5, 0.6) is 5.75 Å². The van der Waals surface area contributed by atoms with Gasteiger partial charge in [0.2, 0.25) is 0 Å². The van der Waals surface area contributed by atoms with Crippen molar-refractivity contribution in [3.63, 3.8) is 0 Å². The number of methoxy groups -OCH3 is 1. The summed E-state index contributed by atoms with van der Waals surface area (Å²) in [6.07, 6.45) is 6.17. The van der Waals surface area contributed by atoms with Crippen LogP contribution in [-0.2, 0) is 0 Å². The summed E-state index contributed by atoms with van der Waals surface area (Å²) in [6.45, 7) is 4.51. The first-order valence-corrected chi connectivity index (χ1v) is 7.35. The summed E-state index contributed by atoms with van der Waals surface area (Å²) in [7, 11) is 1.69. The van der Waals surface area contributed by atoms with E-state index in [1.54, 1.807) is 7.11 Å². The van der Waals surface area contributed by atoms with Crippen molar-refractivity contribution in [1.82, 2.24) is 5.43 Å². The molecule has 2 atom stereocenters. The van der Waals surface area contributed by atoms with Crippen LogP contribution in [0.3, 0.4) is 0 Å². The number of hydrazine groups is 1. The summed E-state index contributed by atoms with van der Waals surface area (Å²) in [5.74, 6) is 7.35. The molecule has 0 aliphatic rings. The van der Waals surface area contributed by atoms with E-state index in [1.165, 1.54) is 31.2 Å². The highest BCUT2D eigenvalue weighted by molar-refractivity contribution is 5.29. The number of hydrogen-bond donors (Lipinski definition) is 2. The first-order valence-electron chi connectivity index (χ1n) is 7.35. The molecule has 19 heavy (non-hydrogen) atoms. The summed E-state index contributed by atoms with van der Waals surface area (Å²) in [5, 5.41) is 0. The molecule has 3 N–H and O–H groups in total. The maximum atomic E-state index is 5.73. The number of unbranched alkanes of at least 4 members (excludes halogenated alkanes) is 1. The van der Waals surface area contributed by atoms with Gasteiger partial charge in [-0.2, -0.15) is 0 Å². The van der Waals surface area contributed by atoms with Gasteiger partial charge in [-0.25, -0.2) is 0 Å². The molecule has 0 aromatic heterocycles. The highest BCUT2D eigenvalue weighted by Crippen LogP contribution is 2.27. The molecule has 108 valence electrons. The van der Waals surface area contributed by atoms with Crippen LogP contribution in [0.25, 0.3) is 0 Å². The molecular weight excluding hydrogens is 236 g/mol. The lowest BCUT2D eigenvalue weighted by Gasteiger charge is -2.22. The Labute approximate surface area is 117 Å². The van der Waals surface area contributed by atoms with E-state index < -0.39 is 0 Å². The van der Waals surface area contributed by atoms with Gasteiger partial charge in [0, 0.05) is 6.04 Å². The normalized spacial score (nSPS) is 14.1. The third-order valence-corrected chi connectivity index (χ3v) is 3.83. The maximum Gasteiger partial charge on any atom is 0.118 e.